The quantitative estimate of drug-likeness (QED) is 0.218. The van der Waals surface area contributed by atoms with Gasteiger partial charge in [0, 0.05) is 18.2 Å². The van der Waals surface area contributed by atoms with Crippen LogP contribution in [-0.2, 0) is 11.3 Å². The van der Waals surface area contributed by atoms with Crippen LogP contribution in [0, 0.1) is 0 Å². The van der Waals surface area contributed by atoms with Crippen molar-refractivity contribution in [2.24, 2.45) is 0 Å². The molecule has 0 fully saturated rings. The van der Waals surface area contributed by atoms with Crippen LogP contribution in [0.15, 0.2) is 65.5 Å². The fourth-order valence-corrected chi connectivity index (χ4v) is 2.91. The van der Waals surface area contributed by atoms with Gasteiger partial charge in [0.1, 0.15) is 5.75 Å². The van der Waals surface area contributed by atoms with Crippen molar-refractivity contribution in [2.75, 3.05) is 13.2 Å². The Kier molecular flexibility index (Phi) is 7.57. The Morgan fingerprint density at radius 3 is 2.70 bits per heavy atom. The molecule has 0 aliphatic rings. The van der Waals surface area contributed by atoms with Gasteiger partial charge >= 0.3 is 0 Å². The van der Waals surface area contributed by atoms with Gasteiger partial charge in [0.2, 0.25) is 6.41 Å². The molecule has 3 rings (SSSR count). The Bertz CT molecular complexity index is 1040. The molecule has 0 spiro atoms. The summed E-state index contributed by atoms with van der Waals surface area (Å²) in [5, 5.41) is 15.9. The van der Waals surface area contributed by atoms with Gasteiger partial charge in [-0.2, -0.15) is 5.10 Å². The third kappa shape index (κ3) is 5.92. The second-order valence-electron chi connectivity index (χ2n) is 6.61. The van der Waals surface area contributed by atoms with Crippen molar-refractivity contribution < 1.29 is 19.7 Å². The molecular weight excluding hydrogens is 386 g/mol. The first-order valence-corrected chi connectivity index (χ1v) is 9.58. The Morgan fingerprint density at radius 1 is 1.03 bits per heavy atom. The van der Waals surface area contributed by atoms with Crippen LogP contribution < -0.4 is 20.5 Å². The molecule has 2 aromatic carbocycles. The molecule has 30 heavy (non-hydrogen) atoms. The summed E-state index contributed by atoms with van der Waals surface area (Å²) in [6, 6.07) is 17.5. The Morgan fingerprint density at radius 2 is 1.87 bits per heavy atom. The van der Waals surface area contributed by atoms with Gasteiger partial charge < -0.3 is 14.9 Å². The van der Waals surface area contributed by atoms with Gasteiger partial charge in [-0.1, -0.05) is 24.3 Å². The minimum atomic E-state index is -0.231. The molecule has 0 radical (unpaired) electrons. The summed E-state index contributed by atoms with van der Waals surface area (Å²) < 4.78 is 7.13. The molecule has 0 bridgehead atoms. The van der Waals surface area contributed by atoms with Crippen molar-refractivity contribution in [1.82, 2.24) is 15.1 Å². The molecule has 2 N–H and O–H groups in total. The number of aromatic nitrogens is 2. The standard InChI is InChI=1S/C22H23N3O5/c26-16-23-11-1-2-12-29-19-7-4-6-18(14-19)21-9-10-22(27)25(24-21)15-17-5-3-8-20(13-17)30-28/h3-10,13-14,16,28H,1-2,11-12,15H2,(H,23,26). The molecule has 0 aliphatic carbocycles. The van der Waals surface area contributed by atoms with Crippen LogP contribution in [0.1, 0.15) is 18.4 Å². The fraction of sp³-hybridized carbons (Fsp3) is 0.227. The third-order valence-electron chi connectivity index (χ3n) is 4.40. The predicted molar refractivity (Wildman–Crippen MR) is 112 cm³/mol. The lowest BCUT2D eigenvalue weighted by Crippen LogP contribution is -2.22. The molecule has 156 valence electrons. The van der Waals surface area contributed by atoms with Crippen molar-refractivity contribution in [3.8, 4) is 22.8 Å². The zero-order chi connectivity index (χ0) is 21.2. The highest BCUT2D eigenvalue weighted by Crippen LogP contribution is 2.22. The molecule has 0 aliphatic heterocycles. The minimum Gasteiger partial charge on any atom is -0.494 e. The summed E-state index contributed by atoms with van der Waals surface area (Å²) in [4.78, 5) is 26.7. The summed E-state index contributed by atoms with van der Waals surface area (Å²) in [6.07, 6.45) is 2.35. The number of benzene rings is 2. The highest BCUT2D eigenvalue weighted by atomic mass is 17.1. The molecular formula is C22H23N3O5. The Labute approximate surface area is 173 Å². The van der Waals surface area contributed by atoms with Crippen LogP contribution in [0.2, 0.25) is 0 Å². The van der Waals surface area contributed by atoms with Crippen LogP contribution in [0.4, 0.5) is 0 Å². The maximum Gasteiger partial charge on any atom is 0.267 e. The molecule has 0 atom stereocenters. The first-order chi connectivity index (χ1) is 14.7. The molecule has 8 heteroatoms. The SMILES string of the molecule is O=CNCCCCOc1cccc(-c2ccc(=O)n(Cc3cccc(OO)c3)n2)c1. The van der Waals surface area contributed by atoms with Crippen LogP contribution >= 0.6 is 0 Å². The van der Waals surface area contributed by atoms with E-state index >= 15 is 0 Å². The number of unbranched alkanes of at least 4 members (excludes halogenated alkanes) is 1. The lowest BCUT2D eigenvalue weighted by atomic mass is 10.1. The normalized spacial score (nSPS) is 10.4. The highest BCUT2D eigenvalue weighted by molar-refractivity contribution is 5.60. The van der Waals surface area contributed by atoms with E-state index in [1.807, 2.05) is 30.3 Å². The lowest BCUT2D eigenvalue weighted by molar-refractivity contribution is -0.137. The largest absolute Gasteiger partial charge is 0.494 e. The summed E-state index contributed by atoms with van der Waals surface area (Å²) in [5.41, 5.74) is 2.01. The average Bonchev–Trinajstić information content (AvgIpc) is 2.78. The van der Waals surface area contributed by atoms with Crippen molar-refractivity contribution in [3.05, 3.63) is 76.6 Å². The van der Waals surface area contributed by atoms with Gasteiger partial charge in [-0.05, 0) is 48.7 Å². The van der Waals surface area contributed by atoms with E-state index in [9.17, 15) is 9.59 Å². The molecule has 8 nitrogen and oxygen atoms in total. The summed E-state index contributed by atoms with van der Waals surface area (Å²) in [6.45, 7) is 1.42. The maximum absolute atomic E-state index is 12.2. The zero-order valence-electron chi connectivity index (χ0n) is 16.4. The van der Waals surface area contributed by atoms with Gasteiger partial charge in [0.05, 0.1) is 18.8 Å². The molecule has 1 aromatic heterocycles. The van der Waals surface area contributed by atoms with E-state index in [4.69, 9.17) is 9.99 Å². The van der Waals surface area contributed by atoms with Gasteiger partial charge in [0.25, 0.3) is 5.56 Å². The summed E-state index contributed by atoms with van der Waals surface area (Å²) in [5.74, 6) is 1.01. The van der Waals surface area contributed by atoms with Crippen molar-refractivity contribution in [3.63, 3.8) is 0 Å². The zero-order valence-corrected chi connectivity index (χ0v) is 16.4. The number of rotatable bonds is 11. The van der Waals surface area contributed by atoms with Gasteiger partial charge in [-0.15, -0.1) is 0 Å². The topological polar surface area (TPSA) is 103 Å². The molecule has 1 heterocycles. The van der Waals surface area contributed by atoms with E-state index in [1.165, 1.54) is 10.7 Å². The molecule has 0 saturated heterocycles. The average molecular weight is 409 g/mol. The summed E-state index contributed by atoms with van der Waals surface area (Å²) >= 11 is 0. The second-order valence-corrected chi connectivity index (χ2v) is 6.61. The van der Waals surface area contributed by atoms with E-state index in [1.54, 1.807) is 24.3 Å². The van der Waals surface area contributed by atoms with E-state index in [0.717, 1.165) is 24.0 Å². The van der Waals surface area contributed by atoms with Gasteiger partial charge in [0.15, 0.2) is 5.75 Å². The first-order valence-electron chi connectivity index (χ1n) is 9.58. The number of carbonyl (C=O) groups is 1. The monoisotopic (exact) mass is 409 g/mol. The number of hydrogen-bond donors (Lipinski definition) is 2. The minimum absolute atomic E-state index is 0.231. The summed E-state index contributed by atoms with van der Waals surface area (Å²) in [7, 11) is 0. The second kappa shape index (κ2) is 10.8. The van der Waals surface area contributed by atoms with E-state index in [-0.39, 0.29) is 12.1 Å². The Hall–Kier alpha value is -3.65. The molecule has 0 unspecified atom stereocenters. The number of amides is 1. The van der Waals surface area contributed by atoms with Crippen LogP contribution in [0.25, 0.3) is 11.3 Å². The highest BCUT2D eigenvalue weighted by Gasteiger charge is 2.07. The number of hydrogen-bond acceptors (Lipinski definition) is 6. The molecule has 0 saturated carbocycles. The number of ether oxygens (including phenoxy) is 1. The number of nitrogens with zero attached hydrogens (tertiary/aromatic N) is 2. The van der Waals surface area contributed by atoms with Gasteiger partial charge in [-0.25, -0.2) is 9.94 Å². The third-order valence-corrected chi connectivity index (χ3v) is 4.40. The fourth-order valence-electron chi connectivity index (χ4n) is 2.91. The van der Waals surface area contributed by atoms with E-state index in [2.05, 4.69) is 15.3 Å². The maximum atomic E-state index is 12.2. The van der Waals surface area contributed by atoms with E-state index < -0.39 is 0 Å². The Balaban J connectivity index is 1.70. The number of nitrogens with one attached hydrogen (secondary N) is 1. The lowest BCUT2D eigenvalue weighted by Gasteiger charge is -2.10. The van der Waals surface area contributed by atoms with Crippen molar-refractivity contribution in [2.45, 2.75) is 19.4 Å². The van der Waals surface area contributed by atoms with Crippen LogP contribution in [0.5, 0.6) is 11.5 Å². The van der Waals surface area contributed by atoms with Crippen molar-refractivity contribution in [1.29, 1.82) is 0 Å². The predicted octanol–water partition coefficient (Wildman–Crippen LogP) is 2.72. The van der Waals surface area contributed by atoms with E-state index in [0.29, 0.717) is 36.8 Å². The number of carbonyl (C=O) groups excluding carboxylic acids is 1. The van der Waals surface area contributed by atoms with Gasteiger partial charge in [-0.3, -0.25) is 9.59 Å². The van der Waals surface area contributed by atoms with Crippen LogP contribution in [0.3, 0.4) is 0 Å². The van der Waals surface area contributed by atoms with Crippen LogP contribution in [-0.4, -0.2) is 34.6 Å². The van der Waals surface area contributed by atoms with Crippen molar-refractivity contribution >= 4 is 6.41 Å². The first kappa shape index (κ1) is 21.1. The smallest absolute Gasteiger partial charge is 0.267 e. The molecule has 3 aromatic rings. The molecule has 1 amide bonds.